The Morgan fingerprint density at radius 3 is 2.56 bits per heavy atom. The minimum Gasteiger partial charge on any atom is -0.324 e. The number of carbonyl (C=O) groups excluding carboxylic acids is 1. The van der Waals surface area contributed by atoms with Crippen LogP contribution in [0.4, 0.5) is 17.3 Å². The predicted octanol–water partition coefficient (Wildman–Crippen LogP) is 4.85. The van der Waals surface area contributed by atoms with Crippen LogP contribution in [0.5, 0.6) is 0 Å². The van der Waals surface area contributed by atoms with Crippen LogP contribution in [0.15, 0.2) is 59.1 Å². The van der Waals surface area contributed by atoms with Gasteiger partial charge in [-0.3, -0.25) is 4.79 Å². The number of nitrogens with one attached hydrogen (secondary N) is 2. The monoisotopic (exact) mass is 396 g/mol. The van der Waals surface area contributed by atoms with Crippen molar-refractivity contribution < 1.29 is 4.79 Å². The first kappa shape index (κ1) is 17.1. The molecule has 0 fully saturated rings. The Labute approximate surface area is 154 Å². The van der Waals surface area contributed by atoms with Gasteiger partial charge in [-0.25, -0.2) is 9.97 Å². The number of para-hydroxylation sites is 1. The molecule has 1 aromatic heterocycles. The van der Waals surface area contributed by atoms with E-state index < -0.39 is 0 Å². The summed E-state index contributed by atoms with van der Waals surface area (Å²) >= 11 is 3.43. The van der Waals surface area contributed by atoms with Crippen molar-refractivity contribution in [1.82, 2.24) is 9.97 Å². The molecule has 0 bridgehead atoms. The van der Waals surface area contributed by atoms with Crippen molar-refractivity contribution in [3.63, 3.8) is 0 Å². The molecule has 0 aliphatic heterocycles. The van der Waals surface area contributed by atoms with Gasteiger partial charge >= 0.3 is 0 Å². The number of hydrogen-bond donors (Lipinski definition) is 2. The number of halogens is 1. The number of benzene rings is 2. The Morgan fingerprint density at radius 1 is 1.00 bits per heavy atom. The highest BCUT2D eigenvalue weighted by Crippen LogP contribution is 2.19. The minimum atomic E-state index is -0.267. The molecule has 0 radical (unpaired) electrons. The molecule has 25 heavy (non-hydrogen) atoms. The molecule has 2 aromatic carbocycles. The van der Waals surface area contributed by atoms with E-state index in [1.165, 1.54) is 0 Å². The topological polar surface area (TPSA) is 66.9 Å². The van der Waals surface area contributed by atoms with E-state index in [0.717, 1.165) is 21.4 Å². The van der Waals surface area contributed by atoms with Gasteiger partial charge < -0.3 is 10.6 Å². The maximum Gasteiger partial charge on any atom is 0.274 e. The highest BCUT2D eigenvalue weighted by molar-refractivity contribution is 9.10. The van der Waals surface area contributed by atoms with E-state index >= 15 is 0 Å². The molecule has 126 valence electrons. The number of aromatic nitrogens is 2. The molecule has 1 heterocycles. The number of rotatable bonds is 4. The van der Waals surface area contributed by atoms with Gasteiger partial charge in [-0.1, -0.05) is 40.2 Å². The lowest BCUT2D eigenvalue weighted by molar-refractivity contribution is 0.102. The molecular weight excluding hydrogens is 380 g/mol. The fraction of sp³-hybridized carbons (Fsp3) is 0.105. The lowest BCUT2D eigenvalue weighted by atomic mass is 10.2. The lowest BCUT2D eigenvalue weighted by Gasteiger charge is -2.10. The third kappa shape index (κ3) is 4.42. The van der Waals surface area contributed by atoms with E-state index in [1.54, 1.807) is 6.07 Å². The number of hydrogen-bond acceptors (Lipinski definition) is 4. The van der Waals surface area contributed by atoms with E-state index in [4.69, 9.17) is 0 Å². The van der Waals surface area contributed by atoms with Crippen LogP contribution in [0.3, 0.4) is 0 Å². The normalized spacial score (nSPS) is 10.4. The molecule has 0 saturated carbocycles. The third-order valence-corrected chi connectivity index (χ3v) is 4.05. The van der Waals surface area contributed by atoms with Gasteiger partial charge in [0, 0.05) is 21.5 Å². The van der Waals surface area contributed by atoms with E-state index in [-0.39, 0.29) is 5.91 Å². The van der Waals surface area contributed by atoms with Gasteiger partial charge in [0.2, 0.25) is 5.95 Å². The standard InChI is InChI=1S/C19H17BrN4O/c1-12-6-3-4-9-16(12)23-18(25)17-10-13(2)21-19(24-17)22-15-8-5-7-14(20)11-15/h3-11H,1-2H3,(H,23,25)(H,21,22,24). The van der Waals surface area contributed by atoms with Gasteiger partial charge in [-0.2, -0.15) is 0 Å². The predicted molar refractivity (Wildman–Crippen MR) is 103 cm³/mol. The first-order valence-electron chi connectivity index (χ1n) is 7.76. The van der Waals surface area contributed by atoms with Gasteiger partial charge in [0.15, 0.2) is 0 Å². The highest BCUT2D eigenvalue weighted by Gasteiger charge is 2.12. The van der Waals surface area contributed by atoms with Crippen LogP contribution in [0.1, 0.15) is 21.7 Å². The summed E-state index contributed by atoms with van der Waals surface area (Å²) < 4.78 is 0.947. The van der Waals surface area contributed by atoms with Gasteiger partial charge in [-0.05, 0) is 49.7 Å². The highest BCUT2D eigenvalue weighted by atomic mass is 79.9. The molecule has 5 nitrogen and oxygen atoms in total. The molecule has 1 amide bonds. The molecule has 3 rings (SSSR count). The minimum absolute atomic E-state index is 0.267. The van der Waals surface area contributed by atoms with Gasteiger partial charge in [0.1, 0.15) is 5.69 Å². The van der Waals surface area contributed by atoms with Crippen LogP contribution < -0.4 is 10.6 Å². The van der Waals surface area contributed by atoms with Crippen molar-refractivity contribution in [2.45, 2.75) is 13.8 Å². The Kier molecular flexibility index (Phi) is 5.09. The van der Waals surface area contributed by atoms with Crippen LogP contribution in [0.2, 0.25) is 0 Å². The zero-order valence-corrected chi connectivity index (χ0v) is 15.5. The quantitative estimate of drug-likeness (QED) is 0.661. The van der Waals surface area contributed by atoms with E-state index in [2.05, 4.69) is 36.5 Å². The fourth-order valence-electron chi connectivity index (χ4n) is 2.34. The summed E-state index contributed by atoms with van der Waals surface area (Å²) in [5, 5.41) is 6.01. The van der Waals surface area contributed by atoms with Crippen molar-refractivity contribution in [2.24, 2.45) is 0 Å². The summed E-state index contributed by atoms with van der Waals surface area (Å²) in [7, 11) is 0. The van der Waals surface area contributed by atoms with Crippen LogP contribution in [-0.4, -0.2) is 15.9 Å². The lowest BCUT2D eigenvalue weighted by Crippen LogP contribution is -2.16. The number of amides is 1. The summed E-state index contributed by atoms with van der Waals surface area (Å²) in [6.45, 7) is 3.78. The first-order chi connectivity index (χ1) is 12.0. The molecule has 2 N–H and O–H groups in total. The second kappa shape index (κ2) is 7.44. The molecule has 6 heteroatoms. The van der Waals surface area contributed by atoms with E-state index in [1.807, 2.05) is 62.4 Å². The molecule has 0 aliphatic carbocycles. The molecule has 0 unspecified atom stereocenters. The van der Waals surface area contributed by atoms with Crippen LogP contribution in [0.25, 0.3) is 0 Å². The number of carbonyl (C=O) groups is 1. The van der Waals surface area contributed by atoms with E-state index in [0.29, 0.717) is 17.3 Å². The van der Waals surface area contributed by atoms with Crippen molar-refractivity contribution in [3.05, 3.63) is 76.0 Å². The van der Waals surface area contributed by atoms with Crippen molar-refractivity contribution in [2.75, 3.05) is 10.6 Å². The second-order valence-electron chi connectivity index (χ2n) is 5.62. The molecule has 0 aliphatic rings. The second-order valence-corrected chi connectivity index (χ2v) is 6.54. The first-order valence-corrected chi connectivity index (χ1v) is 8.56. The molecule has 0 saturated heterocycles. The zero-order chi connectivity index (χ0) is 17.8. The summed E-state index contributed by atoms with van der Waals surface area (Å²) in [6, 6.07) is 17.0. The zero-order valence-electron chi connectivity index (χ0n) is 13.9. The maximum atomic E-state index is 12.5. The van der Waals surface area contributed by atoms with Gasteiger partial charge in [0.05, 0.1) is 0 Å². The Hall–Kier alpha value is -2.73. The molecule has 0 spiro atoms. The Bertz CT molecular complexity index is 927. The largest absolute Gasteiger partial charge is 0.324 e. The van der Waals surface area contributed by atoms with Crippen molar-refractivity contribution in [3.8, 4) is 0 Å². The average molecular weight is 397 g/mol. The van der Waals surface area contributed by atoms with Crippen LogP contribution in [-0.2, 0) is 0 Å². The summed E-state index contributed by atoms with van der Waals surface area (Å²) in [5.74, 6) is 0.116. The SMILES string of the molecule is Cc1cc(C(=O)Nc2ccccc2C)nc(Nc2cccc(Br)c2)n1. The fourth-order valence-corrected chi connectivity index (χ4v) is 2.73. The Morgan fingerprint density at radius 2 is 1.80 bits per heavy atom. The third-order valence-electron chi connectivity index (χ3n) is 3.56. The number of aryl methyl sites for hydroxylation is 2. The van der Waals surface area contributed by atoms with Crippen LogP contribution in [0, 0.1) is 13.8 Å². The van der Waals surface area contributed by atoms with Crippen LogP contribution >= 0.6 is 15.9 Å². The summed E-state index contributed by atoms with van der Waals surface area (Å²) in [5.41, 5.74) is 3.63. The smallest absolute Gasteiger partial charge is 0.274 e. The number of nitrogens with zero attached hydrogens (tertiary/aromatic N) is 2. The number of anilines is 3. The van der Waals surface area contributed by atoms with E-state index in [9.17, 15) is 4.79 Å². The molecule has 3 aromatic rings. The summed E-state index contributed by atoms with van der Waals surface area (Å²) in [6.07, 6.45) is 0. The van der Waals surface area contributed by atoms with Crippen molar-refractivity contribution >= 4 is 39.2 Å². The Balaban J connectivity index is 1.83. The maximum absolute atomic E-state index is 12.5. The van der Waals surface area contributed by atoms with Gasteiger partial charge in [0.25, 0.3) is 5.91 Å². The average Bonchev–Trinajstić information content (AvgIpc) is 2.56. The van der Waals surface area contributed by atoms with Gasteiger partial charge in [-0.15, -0.1) is 0 Å². The molecular formula is C19H17BrN4O. The molecule has 0 atom stereocenters. The summed E-state index contributed by atoms with van der Waals surface area (Å²) in [4.78, 5) is 21.2. The van der Waals surface area contributed by atoms with Crippen molar-refractivity contribution in [1.29, 1.82) is 0 Å².